The van der Waals surface area contributed by atoms with Crippen LogP contribution in [0.4, 0.5) is 13.2 Å². The minimum absolute atomic E-state index is 0. The minimum Gasteiger partial charge on any atom is -0.329 e. The van der Waals surface area contributed by atoms with E-state index < -0.39 is 33.6 Å². The van der Waals surface area contributed by atoms with Gasteiger partial charge >= 0.3 is 6.18 Å². The summed E-state index contributed by atoms with van der Waals surface area (Å²) in [5.41, 5.74) is 4.04. The van der Waals surface area contributed by atoms with Crippen molar-refractivity contribution in [3.8, 4) is 0 Å². The second-order valence-electron chi connectivity index (χ2n) is 4.17. The zero-order valence-corrected chi connectivity index (χ0v) is 12.3. The number of rotatable bonds is 5. The van der Waals surface area contributed by atoms with E-state index in [1.54, 1.807) is 0 Å². The molecule has 1 rings (SSSR count). The quantitative estimate of drug-likeness (QED) is 0.865. The normalized spacial score (nSPS) is 13.7. The maximum Gasteiger partial charge on any atom is 0.416 e. The minimum atomic E-state index is -4.58. The molecule has 0 fully saturated rings. The average molecular weight is 333 g/mol. The molecule has 0 aliphatic carbocycles. The lowest BCUT2D eigenvalue weighted by Gasteiger charge is -2.15. The summed E-state index contributed by atoms with van der Waals surface area (Å²) < 4.78 is 63.8. The van der Waals surface area contributed by atoms with Gasteiger partial charge in [0.25, 0.3) is 0 Å². The van der Waals surface area contributed by atoms with Crippen molar-refractivity contribution in [1.29, 1.82) is 0 Å². The van der Waals surface area contributed by atoms with E-state index in [-0.39, 0.29) is 24.5 Å². The third-order valence-electron chi connectivity index (χ3n) is 2.40. The van der Waals surface area contributed by atoms with Crippen LogP contribution >= 0.6 is 12.4 Å². The molecule has 0 heterocycles. The van der Waals surface area contributed by atoms with Crippen LogP contribution in [0.25, 0.3) is 0 Å². The van der Waals surface area contributed by atoms with Gasteiger partial charge in [-0.3, -0.25) is 0 Å². The molecular formula is C11H16ClF3N2O2S. The number of benzene rings is 1. The molecule has 9 heteroatoms. The van der Waals surface area contributed by atoms with Gasteiger partial charge < -0.3 is 5.73 Å². The van der Waals surface area contributed by atoms with Crippen molar-refractivity contribution in [2.75, 3.05) is 6.54 Å². The first kappa shape index (κ1) is 19.2. The lowest BCUT2D eigenvalue weighted by Crippen LogP contribution is -2.38. The number of alkyl halides is 3. The van der Waals surface area contributed by atoms with Crippen LogP contribution in [-0.2, 0) is 22.0 Å². The summed E-state index contributed by atoms with van der Waals surface area (Å²) in [7, 11) is -3.86. The molecule has 0 saturated carbocycles. The molecule has 0 aliphatic heterocycles. The molecule has 0 saturated heterocycles. The summed E-state index contributed by atoms with van der Waals surface area (Å²) >= 11 is 0. The first-order valence-electron chi connectivity index (χ1n) is 5.51. The smallest absolute Gasteiger partial charge is 0.329 e. The molecule has 20 heavy (non-hydrogen) atoms. The van der Waals surface area contributed by atoms with Crippen LogP contribution in [0.5, 0.6) is 0 Å². The van der Waals surface area contributed by atoms with Gasteiger partial charge in [-0.15, -0.1) is 12.4 Å². The number of halogens is 4. The molecular weight excluding hydrogens is 317 g/mol. The highest BCUT2D eigenvalue weighted by Crippen LogP contribution is 2.32. The Hall–Kier alpha value is -0.830. The molecule has 0 radical (unpaired) electrons. The SMILES string of the molecule is C[C@H](CN)NS(=O)(=O)Cc1ccccc1C(F)(F)F.Cl. The molecule has 0 spiro atoms. The predicted octanol–water partition coefficient (Wildman–Crippen LogP) is 1.89. The Morgan fingerprint density at radius 3 is 2.35 bits per heavy atom. The molecule has 0 bridgehead atoms. The van der Waals surface area contributed by atoms with Gasteiger partial charge in [-0.2, -0.15) is 13.2 Å². The lowest BCUT2D eigenvalue weighted by atomic mass is 10.1. The van der Waals surface area contributed by atoms with E-state index in [0.29, 0.717) is 0 Å². The van der Waals surface area contributed by atoms with Crippen molar-refractivity contribution < 1.29 is 21.6 Å². The average Bonchev–Trinajstić information content (AvgIpc) is 2.26. The van der Waals surface area contributed by atoms with Gasteiger partial charge in [0, 0.05) is 12.6 Å². The van der Waals surface area contributed by atoms with Gasteiger partial charge in [0.1, 0.15) is 0 Å². The Bertz CT molecular complexity index is 535. The monoisotopic (exact) mass is 332 g/mol. The first-order valence-corrected chi connectivity index (χ1v) is 7.16. The number of nitrogens with one attached hydrogen (secondary N) is 1. The highest BCUT2D eigenvalue weighted by atomic mass is 35.5. The molecule has 116 valence electrons. The van der Waals surface area contributed by atoms with Gasteiger partial charge in [-0.25, -0.2) is 13.1 Å². The van der Waals surface area contributed by atoms with Gasteiger partial charge in [0.2, 0.25) is 10.0 Å². The number of hydrogen-bond acceptors (Lipinski definition) is 3. The molecule has 0 amide bonds. The second kappa shape index (κ2) is 7.26. The van der Waals surface area contributed by atoms with E-state index >= 15 is 0 Å². The fraction of sp³-hybridized carbons (Fsp3) is 0.455. The molecule has 4 nitrogen and oxygen atoms in total. The summed E-state index contributed by atoms with van der Waals surface area (Å²) in [6.45, 7) is 1.60. The van der Waals surface area contributed by atoms with E-state index in [1.165, 1.54) is 19.1 Å². The van der Waals surface area contributed by atoms with E-state index in [4.69, 9.17) is 5.73 Å². The van der Waals surface area contributed by atoms with Gasteiger partial charge in [0.15, 0.2) is 0 Å². The summed E-state index contributed by atoms with van der Waals surface area (Å²) in [6.07, 6.45) is -4.58. The Morgan fingerprint density at radius 2 is 1.85 bits per heavy atom. The van der Waals surface area contributed by atoms with Crippen LogP contribution in [-0.4, -0.2) is 21.0 Å². The van der Waals surface area contributed by atoms with Gasteiger partial charge in [-0.05, 0) is 18.6 Å². The van der Waals surface area contributed by atoms with Gasteiger partial charge in [-0.1, -0.05) is 18.2 Å². The van der Waals surface area contributed by atoms with Crippen molar-refractivity contribution in [2.45, 2.75) is 24.9 Å². The van der Waals surface area contributed by atoms with E-state index in [9.17, 15) is 21.6 Å². The Kier molecular flexibility index (Phi) is 6.96. The predicted molar refractivity (Wildman–Crippen MR) is 73.0 cm³/mol. The molecule has 3 N–H and O–H groups in total. The Morgan fingerprint density at radius 1 is 1.30 bits per heavy atom. The van der Waals surface area contributed by atoms with Crippen molar-refractivity contribution in [1.82, 2.24) is 4.72 Å². The van der Waals surface area contributed by atoms with Crippen LogP contribution in [0.3, 0.4) is 0 Å². The zero-order chi connectivity index (χ0) is 14.7. The Labute approximate surface area is 122 Å². The topological polar surface area (TPSA) is 72.2 Å². The third-order valence-corrected chi connectivity index (χ3v) is 3.86. The lowest BCUT2D eigenvalue weighted by molar-refractivity contribution is -0.138. The standard InChI is InChI=1S/C11H15F3N2O2S.ClH/c1-8(6-15)16-19(17,18)7-9-4-2-3-5-10(9)11(12,13)14;/h2-5,8,16H,6-7,15H2,1H3;1H/t8-;/m1./s1. The molecule has 0 aliphatic rings. The molecule has 1 aromatic rings. The third kappa shape index (κ3) is 5.66. The largest absolute Gasteiger partial charge is 0.416 e. The highest BCUT2D eigenvalue weighted by molar-refractivity contribution is 7.88. The summed E-state index contributed by atoms with van der Waals surface area (Å²) in [5.74, 6) is -0.729. The maximum absolute atomic E-state index is 12.7. The molecule has 1 atom stereocenters. The number of nitrogens with two attached hydrogens (primary N) is 1. The fourth-order valence-corrected chi connectivity index (χ4v) is 2.98. The van der Waals surface area contributed by atoms with E-state index in [0.717, 1.165) is 12.1 Å². The van der Waals surface area contributed by atoms with E-state index in [1.807, 2.05) is 0 Å². The fourth-order valence-electron chi connectivity index (χ4n) is 1.52. The van der Waals surface area contributed by atoms with Crippen molar-refractivity contribution in [2.24, 2.45) is 5.73 Å². The van der Waals surface area contributed by atoms with Crippen molar-refractivity contribution >= 4 is 22.4 Å². The molecule has 1 aromatic carbocycles. The Balaban J connectivity index is 0.00000361. The number of sulfonamides is 1. The first-order chi connectivity index (χ1) is 8.65. The van der Waals surface area contributed by atoms with Gasteiger partial charge in [0.05, 0.1) is 11.3 Å². The number of hydrogen-bond donors (Lipinski definition) is 2. The van der Waals surface area contributed by atoms with Crippen molar-refractivity contribution in [3.05, 3.63) is 35.4 Å². The highest BCUT2D eigenvalue weighted by Gasteiger charge is 2.34. The van der Waals surface area contributed by atoms with Crippen LogP contribution in [0.15, 0.2) is 24.3 Å². The summed E-state index contributed by atoms with van der Waals surface area (Å²) in [6, 6.07) is 4.07. The second-order valence-corrected chi connectivity index (χ2v) is 5.92. The summed E-state index contributed by atoms with van der Waals surface area (Å²) in [5, 5.41) is 0. The summed E-state index contributed by atoms with van der Waals surface area (Å²) in [4.78, 5) is 0. The maximum atomic E-state index is 12.7. The van der Waals surface area contributed by atoms with E-state index in [2.05, 4.69) is 4.72 Å². The molecule has 0 unspecified atom stereocenters. The van der Waals surface area contributed by atoms with Crippen LogP contribution < -0.4 is 10.5 Å². The van der Waals surface area contributed by atoms with Crippen molar-refractivity contribution in [3.63, 3.8) is 0 Å². The molecule has 0 aromatic heterocycles. The zero-order valence-electron chi connectivity index (χ0n) is 10.6. The van der Waals surface area contributed by atoms with Crippen LogP contribution in [0.1, 0.15) is 18.1 Å². The van der Waals surface area contributed by atoms with Crippen LogP contribution in [0, 0.1) is 0 Å². The van der Waals surface area contributed by atoms with Crippen LogP contribution in [0.2, 0.25) is 0 Å².